The largest absolute Gasteiger partial charge is 0.452 e. The van der Waals surface area contributed by atoms with Crippen molar-refractivity contribution < 1.29 is 9.13 Å². The van der Waals surface area contributed by atoms with Gasteiger partial charge in [0.25, 0.3) is 0 Å². The second kappa shape index (κ2) is 5.81. The summed E-state index contributed by atoms with van der Waals surface area (Å²) in [6, 6.07) is 8.27. The van der Waals surface area contributed by atoms with E-state index < -0.39 is 5.82 Å². The van der Waals surface area contributed by atoms with Gasteiger partial charge >= 0.3 is 0 Å². The van der Waals surface area contributed by atoms with Crippen LogP contribution in [0.5, 0.6) is 11.5 Å². The highest BCUT2D eigenvalue weighted by molar-refractivity contribution is 9.10. The Labute approximate surface area is 132 Å². The van der Waals surface area contributed by atoms with E-state index >= 15 is 0 Å². The molecule has 0 saturated carbocycles. The summed E-state index contributed by atoms with van der Waals surface area (Å²) in [6.07, 6.45) is 0. The van der Waals surface area contributed by atoms with Gasteiger partial charge in [-0.25, -0.2) is 4.39 Å². The average Bonchev–Trinajstić information content (AvgIpc) is 2.38. The van der Waals surface area contributed by atoms with Gasteiger partial charge in [-0.15, -0.1) is 0 Å². The van der Waals surface area contributed by atoms with Gasteiger partial charge in [0.15, 0.2) is 17.3 Å². The zero-order valence-corrected chi connectivity index (χ0v) is 13.5. The number of nitrogen functional groups attached to an aromatic ring is 1. The first-order valence-corrected chi connectivity index (χ1v) is 7.14. The Kier molecular flexibility index (Phi) is 4.31. The van der Waals surface area contributed by atoms with Crippen LogP contribution in [0.15, 0.2) is 33.2 Å². The van der Waals surface area contributed by atoms with Crippen LogP contribution in [0.25, 0.3) is 0 Å². The molecule has 6 heteroatoms. The number of anilines is 1. The Hall–Kier alpha value is -1.58. The molecule has 2 aromatic rings. The smallest absolute Gasteiger partial charge is 0.181 e. The molecule has 0 bridgehead atoms. The highest BCUT2D eigenvalue weighted by Gasteiger charge is 2.15. The van der Waals surface area contributed by atoms with Crippen LogP contribution in [0.1, 0.15) is 11.1 Å². The molecule has 0 saturated heterocycles. The maximum absolute atomic E-state index is 14.1. The topological polar surface area (TPSA) is 59.0 Å². The minimum atomic E-state index is -0.634. The molecule has 0 atom stereocenters. The quantitative estimate of drug-likeness (QED) is 0.730. The average molecular weight is 400 g/mol. The van der Waals surface area contributed by atoms with Crippen molar-refractivity contribution in [3.05, 3.63) is 50.2 Å². The first kappa shape index (κ1) is 14.8. The monoisotopic (exact) mass is 398 g/mol. The zero-order chi connectivity index (χ0) is 14.9. The fourth-order valence-corrected chi connectivity index (χ4v) is 2.71. The van der Waals surface area contributed by atoms with E-state index in [0.29, 0.717) is 11.4 Å². The van der Waals surface area contributed by atoms with Crippen molar-refractivity contribution in [2.75, 3.05) is 5.73 Å². The van der Waals surface area contributed by atoms with Crippen LogP contribution in [0.2, 0.25) is 0 Å². The summed E-state index contributed by atoms with van der Waals surface area (Å²) in [7, 11) is 0. The normalized spacial score (nSPS) is 10.2. The van der Waals surface area contributed by atoms with Crippen molar-refractivity contribution >= 4 is 37.5 Å². The zero-order valence-electron chi connectivity index (χ0n) is 10.4. The highest BCUT2D eigenvalue weighted by atomic mass is 79.9. The van der Waals surface area contributed by atoms with E-state index in [1.165, 1.54) is 12.1 Å². The van der Waals surface area contributed by atoms with Crippen LogP contribution in [-0.2, 0) is 0 Å². The number of benzene rings is 2. The third kappa shape index (κ3) is 2.79. The van der Waals surface area contributed by atoms with Gasteiger partial charge in [-0.1, -0.05) is 15.9 Å². The molecule has 0 heterocycles. The number of halogens is 3. The summed E-state index contributed by atoms with van der Waals surface area (Å²) < 4.78 is 20.5. The second-order valence-corrected chi connectivity index (χ2v) is 5.80. The minimum Gasteiger partial charge on any atom is -0.452 e. The van der Waals surface area contributed by atoms with E-state index in [1.54, 1.807) is 6.07 Å². The molecule has 102 valence electrons. The molecule has 0 aliphatic carbocycles. The van der Waals surface area contributed by atoms with Gasteiger partial charge in [0.2, 0.25) is 0 Å². The molecule has 2 N–H and O–H groups in total. The van der Waals surface area contributed by atoms with Gasteiger partial charge < -0.3 is 10.5 Å². The molecule has 0 spiro atoms. The fourth-order valence-electron chi connectivity index (χ4n) is 1.70. The van der Waals surface area contributed by atoms with Crippen LogP contribution in [0.4, 0.5) is 10.1 Å². The van der Waals surface area contributed by atoms with E-state index in [9.17, 15) is 4.39 Å². The molecule has 0 unspecified atom stereocenters. The number of ether oxygens (including phenoxy) is 1. The molecule has 0 radical (unpaired) electrons. The Bertz CT molecular complexity index is 703. The van der Waals surface area contributed by atoms with Gasteiger partial charge in [-0.3, -0.25) is 0 Å². The molecule has 20 heavy (non-hydrogen) atoms. The van der Waals surface area contributed by atoms with Crippen molar-refractivity contribution in [1.82, 2.24) is 0 Å². The predicted molar refractivity (Wildman–Crippen MR) is 82.2 cm³/mol. The number of rotatable bonds is 2. The number of nitrogens with zero attached hydrogens (tertiary/aromatic N) is 1. The predicted octanol–water partition coefficient (Wildman–Crippen LogP) is 4.91. The number of aryl methyl sites for hydroxylation is 1. The molecule has 0 aliphatic heterocycles. The van der Waals surface area contributed by atoms with Crippen LogP contribution >= 0.6 is 31.9 Å². The van der Waals surface area contributed by atoms with Crippen molar-refractivity contribution in [2.24, 2.45) is 0 Å². The lowest BCUT2D eigenvalue weighted by atomic mass is 10.2. The van der Waals surface area contributed by atoms with Gasteiger partial charge in [0, 0.05) is 4.47 Å². The third-order valence-corrected chi connectivity index (χ3v) is 3.88. The molecule has 0 fully saturated rings. The molecular weight excluding hydrogens is 391 g/mol. The first-order valence-electron chi connectivity index (χ1n) is 5.55. The SMILES string of the molecule is Cc1cc(Br)cc(N)c1Oc1ccc(C#N)c(Br)c1F. The maximum atomic E-state index is 14.1. The molecule has 0 aromatic heterocycles. The lowest BCUT2D eigenvalue weighted by Gasteiger charge is -2.13. The van der Waals surface area contributed by atoms with Gasteiger partial charge in [0.05, 0.1) is 15.7 Å². The second-order valence-electron chi connectivity index (χ2n) is 4.09. The van der Waals surface area contributed by atoms with Gasteiger partial charge in [-0.2, -0.15) is 5.26 Å². The molecular formula is C14H9Br2FN2O. The Balaban J connectivity index is 2.47. The number of hydrogen-bond donors (Lipinski definition) is 1. The van der Waals surface area contributed by atoms with E-state index in [4.69, 9.17) is 15.7 Å². The Morgan fingerprint density at radius 1 is 1.30 bits per heavy atom. The number of hydrogen-bond acceptors (Lipinski definition) is 3. The molecule has 2 rings (SSSR count). The Morgan fingerprint density at radius 2 is 2.00 bits per heavy atom. The summed E-state index contributed by atoms with van der Waals surface area (Å²) in [5.74, 6) is -0.234. The molecule has 0 amide bonds. The van der Waals surface area contributed by atoms with Crippen LogP contribution in [0, 0.1) is 24.1 Å². The van der Waals surface area contributed by atoms with Crippen LogP contribution in [0.3, 0.4) is 0 Å². The van der Waals surface area contributed by atoms with Crippen molar-refractivity contribution in [3.63, 3.8) is 0 Å². The number of nitriles is 1. The summed E-state index contributed by atoms with van der Waals surface area (Å²) in [6.45, 7) is 1.81. The summed E-state index contributed by atoms with van der Waals surface area (Å²) in [5.41, 5.74) is 7.25. The van der Waals surface area contributed by atoms with Crippen molar-refractivity contribution in [3.8, 4) is 17.6 Å². The fraction of sp³-hybridized carbons (Fsp3) is 0.0714. The summed E-state index contributed by atoms with van der Waals surface area (Å²) in [5, 5.41) is 8.83. The first-order chi connectivity index (χ1) is 9.43. The van der Waals surface area contributed by atoms with Crippen LogP contribution in [-0.4, -0.2) is 0 Å². The number of nitrogens with two attached hydrogens (primary N) is 1. The molecule has 2 aromatic carbocycles. The van der Waals surface area contributed by atoms with Crippen molar-refractivity contribution in [1.29, 1.82) is 5.26 Å². The third-order valence-electron chi connectivity index (χ3n) is 2.65. The highest BCUT2D eigenvalue weighted by Crippen LogP contribution is 2.37. The van der Waals surface area contributed by atoms with E-state index in [2.05, 4.69) is 31.9 Å². The summed E-state index contributed by atoms with van der Waals surface area (Å²) >= 11 is 6.36. The van der Waals surface area contributed by atoms with E-state index in [-0.39, 0.29) is 15.8 Å². The van der Waals surface area contributed by atoms with E-state index in [1.807, 2.05) is 19.1 Å². The molecule has 0 aliphatic rings. The lowest BCUT2D eigenvalue weighted by Crippen LogP contribution is -1.97. The maximum Gasteiger partial charge on any atom is 0.181 e. The summed E-state index contributed by atoms with van der Waals surface area (Å²) in [4.78, 5) is 0. The standard InChI is InChI=1S/C14H9Br2FN2O/c1-7-4-9(15)5-10(19)14(7)20-11-3-2-8(6-18)12(16)13(11)17/h2-5H,19H2,1H3. The minimum absolute atomic E-state index is 0.00741. The van der Waals surface area contributed by atoms with Crippen LogP contribution < -0.4 is 10.5 Å². The Morgan fingerprint density at radius 3 is 2.60 bits per heavy atom. The van der Waals surface area contributed by atoms with Gasteiger partial charge in [0.1, 0.15) is 6.07 Å². The molecule has 3 nitrogen and oxygen atoms in total. The van der Waals surface area contributed by atoms with Gasteiger partial charge in [-0.05, 0) is 52.7 Å². The lowest BCUT2D eigenvalue weighted by molar-refractivity contribution is 0.439. The van der Waals surface area contributed by atoms with Crippen molar-refractivity contribution in [2.45, 2.75) is 6.92 Å². The van der Waals surface area contributed by atoms with E-state index in [0.717, 1.165) is 10.0 Å².